The molecule has 3 aliphatic rings. The SMILES string of the molecule is O=C(NCC1CC1)[C@@H]1CCO[C@@H]2CCN(Cc3cccnc3)C[C@H]21. The van der Waals surface area contributed by atoms with E-state index in [0.717, 1.165) is 51.5 Å². The first-order valence-electron chi connectivity index (χ1n) is 9.30. The molecule has 1 amide bonds. The van der Waals surface area contributed by atoms with Gasteiger partial charge < -0.3 is 10.1 Å². The summed E-state index contributed by atoms with van der Waals surface area (Å²) in [6, 6.07) is 4.11. The van der Waals surface area contributed by atoms with Crippen LogP contribution >= 0.6 is 0 Å². The molecule has 1 saturated carbocycles. The van der Waals surface area contributed by atoms with Gasteiger partial charge >= 0.3 is 0 Å². The molecular formula is C19H27N3O2. The molecule has 1 aromatic rings. The van der Waals surface area contributed by atoms with Crippen LogP contribution in [0.2, 0.25) is 0 Å². The molecule has 0 bridgehead atoms. The Hall–Kier alpha value is -1.46. The zero-order chi connectivity index (χ0) is 16.4. The van der Waals surface area contributed by atoms with E-state index in [9.17, 15) is 4.79 Å². The molecule has 130 valence electrons. The minimum Gasteiger partial charge on any atom is -0.378 e. The van der Waals surface area contributed by atoms with Crippen LogP contribution in [0, 0.1) is 17.8 Å². The first kappa shape index (κ1) is 16.0. The predicted molar refractivity (Wildman–Crippen MR) is 91.2 cm³/mol. The van der Waals surface area contributed by atoms with Gasteiger partial charge in [-0.25, -0.2) is 0 Å². The van der Waals surface area contributed by atoms with Crippen molar-refractivity contribution in [1.29, 1.82) is 0 Å². The zero-order valence-electron chi connectivity index (χ0n) is 14.2. The molecule has 0 aromatic carbocycles. The van der Waals surface area contributed by atoms with Crippen molar-refractivity contribution < 1.29 is 9.53 Å². The summed E-state index contributed by atoms with van der Waals surface area (Å²) in [5.74, 6) is 1.42. The van der Waals surface area contributed by atoms with Crippen LogP contribution in [0.1, 0.15) is 31.2 Å². The second kappa shape index (κ2) is 7.19. The van der Waals surface area contributed by atoms with Gasteiger partial charge in [0.1, 0.15) is 0 Å². The second-order valence-electron chi connectivity index (χ2n) is 7.54. The minimum atomic E-state index is 0.110. The Balaban J connectivity index is 1.38. The fourth-order valence-electron chi connectivity index (χ4n) is 4.10. The highest BCUT2D eigenvalue weighted by Gasteiger charge is 2.41. The second-order valence-corrected chi connectivity index (χ2v) is 7.54. The number of amides is 1. The number of rotatable bonds is 5. The first-order chi connectivity index (χ1) is 11.8. The lowest BCUT2D eigenvalue weighted by atomic mass is 9.79. The first-order valence-corrected chi connectivity index (χ1v) is 9.30. The smallest absolute Gasteiger partial charge is 0.223 e. The molecule has 5 nitrogen and oxygen atoms in total. The summed E-state index contributed by atoms with van der Waals surface area (Å²) < 4.78 is 5.98. The van der Waals surface area contributed by atoms with Crippen LogP contribution in [-0.2, 0) is 16.1 Å². The highest BCUT2D eigenvalue weighted by molar-refractivity contribution is 5.79. The number of likely N-dealkylation sites (tertiary alicyclic amines) is 1. The van der Waals surface area contributed by atoms with Gasteiger partial charge in [0.15, 0.2) is 0 Å². The molecule has 24 heavy (non-hydrogen) atoms. The Bertz CT molecular complexity index is 561. The number of carbonyl (C=O) groups is 1. The molecule has 4 rings (SSSR count). The van der Waals surface area contributed by atoms with Crippen LogP contribution < -0.4 is 5.32 Å². The summed E-state index contributed by atoms with van der Waals surface area (Å²) in [5, 5.41) is 3.19. The number of piperidine rings is 1. The summed E-state index contributed by atoms with van der Waals surface area (Å²) in [4.78, 5) is 19.3. The molecule has 0 spiro atoms. The van der Waals surface area contributed by atoms with Gasteiger partial charge in [-0.3, -0.25) is 14.7 Å². The highest BCUT2D eigenvalue weighted by Crippen LogP contribution is 2.34. The van der Waals surface area contributed by atoms with Gasteiger partial charge in [-0.15, -0.1) is 0 Å². The number of hydrogen-bond acceptors (Lipinski definition) is 4. The number of fused-ring (bicyclic) bond motifs is 1. The quantitative estimate of drug-likeness (QED) is 0.895. The standard InChI is InChI=1S/C19H27N3O2/c23-19(21-11-14-3-4-14)16-6-9-24-18-5-8-22(13-17(16)18)12-15-2-1-7-20-10-15/h1-2,7,10,14,16-18H,3-6,8-9,11-13H2,(H,21,23)/t16-,17+,18-/m1/s1. The van der Waals surface area contributed by atoms with Gasteiger partial charge in [0, 0.05) is 57.0 Å². The van der Waals surface area contributed by atoms with Crippen molar-refractivity contribution in [3.63, 3.8) is 0 Å². The Morgan fingerprint density at radius 1 is 1.33 bits per heavy atom. The van der Waals surface area contributed by atoms with Gasteiger partial charge in [-0.05, 0) is 43.2 Å². The third kappa shape index (κ3) is 3.78. The maximum absolute atomic E-state index is 12.7. The number of pyridine rings is 1. The van der Waals surface area contributed by atoms with E-state index in [-0.39, 0.29) is 17.9 Å². The molecule has 3 fully saturated rings. The summed E-state index contributed by atoms with van der Waals surface area (Å²) >= 11 is 0. The maximum atomic E-state index is 12.7. The minimum absolute atomic E-state index is 0.110. The average molecular weight is 329 g/mol. The zero-order valence-corrected chi connectivity index (χ0v) is 14.2. The van der Waals surface area contributed by atoms with E-state index in [1.807, 2.05) is 18.5 Å². The largest absolute Gasteiger partial charge is 0.378 e. The molecule has 2 saturated heterocycles. The van der Waals surface area contributed by atoms with Crippen molar-refractivity contribution in [2.75, 3.05) is 26.2 Å². The summed E-state index contributed by atoms with van der Waals surface area (Å²) in [6.45, 7) is 4.49. The predicted octanol–water partition coefficient (Wildman–Crippen LogP) is 1.83. The molecule has 2 aliphatic heterocycles. The van der Waals surface area contributed by atoms with Crippen LogP contribution in [0.3, 0.4) is 0 Å². The Morgan fingerprint density at radius 2 is 2.25 bits per heavy atom. The number of carbonyl (C=O) groups excluding carboxylic acids is 1. The van der Waals surface area contributed by atoms with E-state index in [1.54, 1.807) is 0 Å². The van der Waals surface area contributed by atoms with Crippen molar-refractivity contribution in [2.45, 2.75) is 38.3 Å². The summed E-state index contributed by atoms with van der Waals surface area (Å²) in [6.07, 6.45) is 8.43. The molecule has 1 N–H and O–H groups in total. The summed E-state index contributed by atoms with van der Waals surface area (Å²) in [7, 11) is 0. The maximum Gasteiger partial charge on any atom is 0.223 e. The Morgan fingerprint density at radius 3 is 3.04 bits per heavy atom. The van der Waals surface area contributed by atoms with E-state index in [1.165, 1.54) is 18.4 Å². The molecule has 3 atom stereocenters. The lowest BCUT2D eigenvalue weighted by Crippen LogP contribution is -2.53. The fraction of sp³-hybridized carbons (Fsp3) is 0.684. The van der Waals surface area contributed by atoms with E-state index in [0.29, 0.717) is 5.92 Å². The Kier molecular flexibility index (Phi) is 4.81. The van der Waals surface area contributed by atoms with Gasteiger partial charge in [-0.1, -0.05) is 6.07 Å². The van der Waals surface area contributed by atoms with Crippen molar-refractivity contribution >= 4 is 5.91 Å². The number of nitrogens with zero attached hydrogens (tertiary/aromatic N) is 2. The lowest BCUT2D eigenvalue weighted by molar-refractivity contribution is -0.142. The molecule has 3 heterocycles. The van der Waals surface area contributed by atoms with Crippen molar-refractivity contribution in [2.24, 2.45) is 17.8 Å². The lowest BCUT2D eigenvalue weighted by Gasteiger charge is -2.44. The van der Waals surface area contributed by atoms with Crippen LogP contribution in [0.25, 0.3) is 0 Å². The Labute approximate surface area is 143 Å². The number of aromatic nitrogens is 1. The van der Waals surface area contributed by atoms with E-state index >= 15 is 0 Å². The average Bonchev–Trinajstić information content (AvgIpc) is 3.44. The van der Waals surface area contributed by atoms with Gasteiger partial charge in [0.25, 0.3) is 0 Å². The number of nitrogens with one attached hydrogen (secondary N) is 1. The molecule has 0 unspecified atom stereocenters. The van der Waals surface area contributed by atoms with Gasteiger partial charge in [-0.2, -0.15) is 0 Å². The highest BCUT2D eigenvalue weighted by atomic mass is 16.5. The van der Waals surface area contributed by atoms with Gasteiger partial charge in [0.2, 0.25) is 5.91 Å². The molecule has 1 aromatic heterocycles. The van der Waals surface area contributed by atoms with E-state index < -0.39 is 0 Å². The molecule has 5 heteroatoms. The molecule has 1 aliphatic carbocycles. The van der Waals surface area contributed by atoms with Crippen LogP contribution in [0.5, 0.6) is 0 Å². The van der Waals surface area contributed by atoms with Gasteiger partial charge in [0.05, 0.1) is 6.10 Å². The van der Waals surface area contributed by atoms with E-state index in [2.05, 4.69) is 21.3 Å². The normalized spacial score (nSPS) is 30.6. The van der Waals surface area contributed by atoms with Crippen molar-refractivity contribution in [3.05, 3.63) is 30.1 Å². The van der Waals surface area contributed by atoms with Crippen LogP contribution in [0.4, 0.5) is 0 Å². The fourth-order valence-corrected chi connectivity index (χ4v) is 4.10. The topological polar surface area (TPSA) is 54.5 Å². The monoisotopic (exact) mass is 329 g/mol. The number of hydrogen-bond donors (Lipinski definition) is 1. The van der Waals surface area contributed by atoms with Crippen molar-refractivity contribution in [1.82, 2.24) is 15.2 Å². The molecule has 0 radical (unpaired) electrons. The molecular weight excluding hydrogens is 302 g/mol. The third-order valence-corrected chi connectivity index (χ3v) is 5.68. The number of ether oxygens (including phenoxy) is 1. The van der Waals surface area contributed by atoms with E-state index in [4.69, 9.17) is 4.74 Å². The van der Waals surface area contributed by atoms with Crippen LogP contribution in [0.15, 0.2) is 24.5 Å². The summed E-state index contributed by atoms with van der Waals surface area (Å²) in [5.41, 5.74) is 1.24. The van der Waals surface area contributed by atoms with Crippen LogP contribution in [-0.4, -0.2) is 48.1 Å². The van der Waals surface area contributed by atoms with Crippen molar-refractivity contribution in [3.8, 4) is 0 Å². The third-order valence-electron chi connectivity index (χ3n) is 5.68.